The van der Waals surface area contributed by atoms with Gasteiger partial charge in [-0.3, -0.25) is 0 Å². The number of piperidine rings is 1. The van der Waals surface area contributed by atoms with E-state index < -0.39 is 20.9 Å². The van der Waals surface area contributed by atoms with Gasteiger partial charge in [0.1, 0.15) is 0 Å². The maximum absolute atomic E-state index is 13.5. The summed E-state index contributed by atoms with van der Waals surface area (Å²) in [6.07, 6.45) is 2.62. The summed E-state index contributed by atoms with van der Waals surface area (Å²) in [5, 5.41) is -0.496. The van der Waals surface area contributed by atoms with Gasteiger partial charge in [0.05, 0.1) is 6.10 Å². The van der Waals surface area contributed by atoms with Crippen molar-refractivity contribution in [2.75, 3.05) is 19.7 Å². The van der Waals surface area contributed by atoms with Crippen LogP contribution in [0, 0.1) is 5.82 Å². The van der Waals surface area contributed by atoms with Gasteiger partial charge in [0, 0.05) is 25.9 Å². The van der Waals surface area contributed by atoms with Gasteiger partial charge in [-0.05, 0) is 31.9 Å². The molecule has 0 bridgehead atoms. The first-order chi connectivity index (χ1) is 9.05. The molecule has 0 N–H and O–H groups in total. The highest BCUT2D eigenvalue weighted by Gasteiger charge is 2.32. The van der Waals surface area contributed by atoms with Crippen LogP contribution in [0.5, 0.6) is 0 Å². The van der Waals surface area contributed by atoms with E-state index in [0.29, 0.717) is 32.5 Å². The van der Waals surface area contributed by atoms with E-state index in [1.54, 1.807) is 0 Å². The van der Waals surface area contributed by atoms with E-state index in [0.717, 1.165) is 6.07 Å². The maximum atomic E-state index is 13.5. The van der Waals surface area contributed by atoms with Crippen LogP contribution in [0.4, 0.5) is 4.39 Å². The fraction of sp³-hybridized carbons (Fsp3) is 0.583. The largest absolute Gasteiger partial charge is 0.378 e. The van der Waals surface area contributed by atoms with Gasteiger partial charge in [0.15, 0.2) is 5.82 Å². The van der Waals surface area contributed by atoms with Crippen LogP contribution in [0.2, 0.25) is 0 Å². The zero-order valence-electron chi connectivity index (χ0n) is 10.8. The van der Waals surface area contributed by atoms with Crippen LogP contribution in [0.3, 0.4) is 0 Å². The number of nitrogens with zero attached hydrogens (tertiary/aromatic N) is 2. The molecule has 0 unspecified atom stereocenters. The number of ether oxygens (including phenoxy) is 1. The summed E-state index contributed by atoms with van der Waals surface area (Å²) in [7, 11) is -3.84. The Morgan fingerprint density at radius 2 is 2.16 bits per heavy atom. The minimum Gasteiger partial charge on any atom is -0.378 e. The van der Waals surface area contributed by atoms with Gasteiger partial charge in [-0.15, -0.1) is 0 Å². The number of hydrogen-bond donors (Lipinski definition) is 0. The third-order valence-electron chi connectivity index (χ3n) is 3.11. The highest BCUT2D eigenvalue weighted by molar-refractivity contribution is 7.89. The van der Waals surface area contributed by atoms with Gasteiger partial charge in [0.25, 0.3) is 10.0 Å². The molecule has 2 heterocycles. The lowest BCUT2D eigenvalue weighted by Gasteiger charge is -2.30. The van der Waals surface area contributed by atoms with Crippen LogP contribution in [0.1, 0.15) is 19.8 Å². The second-order valence-corrected chi connectivity index (χ2v) is 6.20. The van der Waals surface area contributed by atoms with Crippen LogP contribution in [0.25, 0.3) is 0 Å². The molecule has 2 rings (SSSR count). The zero-order valence-corrected chi connectivity index (χ0v) is 11.6. The van der Waals surface area contributed by atoms with Gasteiger partial charge in [0.2, 0.25) is 5.03 Å². The van der Waals surface area contributed by atoms with Crippen LogP contribution >= 0.6 is 0 Å². The Bertz CT molecular complexity index is 528. The third-order valence-corrected chi connectivity index (χ3v) is 4.95. The highest BCUT2D eigenvalue weighted by atomic mass is 32.2. The van der Waals surface area contributed by atoms with Gasteiger partial charge in [-0.25, -0.2) is 17.8 Å². The predicted molar refractivity (Wildman–Crippen MR) is 67.6 cm³/mol. The number of aromatic nitrogens is 1. The minimum atomic E-state index is -3.84. The molecule has 5 nitrogen and oxygen atoms in total. The second kappa shape index (κ2) is 5.94. The van der Waals surface area contributed by atoms with Gasteiger partial charge >= 0.3 is 0 Å². The predicted octanol–water partition coefficient (Wildman–Crippen LogP) is 1.41. The highest BCUT2D eigenvalue weighted by Crippen LogP contribution is 2.22. The molecule has 1 aliphatic rings. The van der Waals surface area contributed by atoms with Crippen molar-refractivity contribution in [1.82, 2.24) is 9.29 Å². The summed E-state index contributed by atoms with van der Waals surface area (Å²) >= 11 is 0. The minimum absolute atomic E-state index is 0.0880. The number of halogens is 1. The molecular weight excluding hydrogens is 271 g/mol. The molecule has 0 saturated carbocycles. The summed E-state index contributed by atoms with van der Waals surface area (Å²) in [6, 6.07) is 2.47. The van der Waals surface area contributed by atoms with E-state index >= 15 is 0 Å². The number of rotatable bonds is 4. The summed E-state index contributed by atoms with van der Waals surface area (Å²) in [4.78, 5) is 3.64. The van der Waals surface area contributed by atoms with Gasteiger partial charge in [-0.2, -0.15) is 4.31 Å². The van der Waals surface area contributed by atoms with Crippen molar-refractivity contribution in [3.05, 3.63) is 24.1 Å². The summed E-state index contributed by atoms with van der Waals surface area (Å²) in [5.41, 5.74) is 0. The normalized spacial score (nSPS) is 18.6. The summed E-state index contributed by atoms with van der Waals surface area (Å²) in [6.45, 7) is 3.20. The molecule has 7 heteroatoms. The van der Waals surface area contributed by atoms with Crippen molar-refractivity contribution < 1.29 is 17.5 Å². The second-order valence-electron chi connectivity index (χ2n) is 4.35. The SMILES string of the molecule is CCOC1CCN(S(=O)(=O)c2ncccc2F)CC1. The Morgan fingerprint density at radius 1 is 1.47 bits per heavy atom. The fourth-order valence-electron chi connectivity index (χ4n) is 2.16. The molecule has 1 aliphatic heterocycles. The van der Waals surface area contributed by atoms with E-state index in [4.69, 9.17) is 4.74 Å². The molecule has 1 fully saturated rings. The first kappa shape index (κ1) is 14.4. The van der Waals surface area contributed by atoms with Crippen LogP contribution < -0.4 is 0 Å². The monoisotopic (exact) mass is 288 g/mol. The first-order valence-corrected chi connectivity index (χ1v) is 7.72. The van der Waals surface area contributed by atoms with Crippen molar-refractivity contribution in [2.24, 2.45) is 0 Å². The van der Waals surface area contributed by atoms with Crippen molar-refractivity contribution in [2.45, 2.75) is 30.9 Å². The van der Waals surface area contributed by atoms with Crippen LogP contribution in [-0.2, 0) is 14.8 Å². The van der Waals surface area contributed by atoms with Crippen molar-refractivity contribution in [3.8, 4) is 0 Å². The van der Waals surface area contributed by atoms with E-state index in [1.807, 2.05) is 6.92 Å². The number of hydrogen-bond acceptors (Lipinski definition) is 4. The maximum Gasteiger partial charge on any atom is 0.263 e. The Labute approximate surface area is 112 Å². The molecule has 106 valence electrons. The molecule has 1 aromatic rings. The molecule has 1 saturated heterocycles. The summed E-state index contributed by atoms with van der Waals surface area (Å²) in [5.74, 6) is -0.811. The molecule has 0 aliphatic carbocycles. The quantitative estimate of drug-likeness (QED) is 0.840. The van der Waals surface area contributed by atoms with Crippen LogP contribution in [0.15, 0.2) is 23.4 Å². The molecule has 1 aromatic heterocycles. The lowest BCUT2D eigenvalue weighted by molar-refractivity contribution is 0.0289. The Kier molecular flexibility index (Phi) is 4.49. The van der Waals surface area contributed by atoms with Crippen molar-refractivity contribution in [3.63, 3.8) is 0 Å². The Hall–Kier alpha value is -1.05. The third kappa shape index (κ3) is 3.10. The molecular formula is C12H17FN2O3S. The number of pyridine rings is 1. The van der Waals surface area contributed by atoms with E-state index in [2.05, 4.69) is 4.98 Å². The molecule has 0 amide bonds. The lowest BCUT2D eigenvalue weighted by Crippen LogP contribution is -2.41. The molecule has 19 heavy (non-hydrogen) atoms. The fourth-order valence-corrected chi connectivity index (χ4v) is 3.60. The number of sulfonamides is 1. The average Bonchev–Trinajstić information content (AvgIpc) is 2.40. The van der Waals surface area contributed by atoms with Crippen molar-refractivity contribution in [1.29, 1.82) is 0 Å². The topological polar surface area (TPSA) is 59.5 Å². The van der Waals surface area contributed by atoms with E-state index in [1.165, 1.54) is 16.6 Å². The smallest absolute Gasteiger partial charge is 0.263 e. The Morgan fingerprint density at radius 3 is 2.74 bits per heavy atom. The molecule has 0 atom stereocenters. The van der Waals surface area contributed by atoms with Gasteiger partial charge < -0.3 is 4.74 Å². The first-order valence-electron chi connectivity index (χ1n) is 6.28. The van der Waals surface area contributed by atoms with Crippen LogP contribution in [-0.4, -0.2) is 43.5 Å². The van der Waals surface area contributed by atoms with E-state index in [-0.39, 0.29) is 6.10 Å². The van der Waals surface area contributed by atoms with Crippen molar-refractivity contribution >= 4 is 10.0 Å². The standard InChI is InChI=1S/C12H17FN2O3S/c1-2-18-10-5-8-15(9-6-10)19(16,17)12-11(13)4-3-7-14-12/h3-4,7,10H,2,5-6,8-9H2,1H3. The Balaban J connectivity index is 2.12. The molecule has 0 spiro atoms. The molecule has 0 radical (unpaired) electrons. The lowest BCUT2D eigenvalue weighted by atomic mass is 10.1. The molecule has 0 aromatic carbocycles. The average molecular weight is 288 g/mol. The van der Waals surface area contributed by atoms with Gasteiger partial charge in [-0.1, -0.05) is 0 Å². The van der Waals surface area contributed by atoms with E-state index in [9.17, 15) is 12.8 Å². The zero-order chi connectivity index (χ0) is 13.9. The summed E-state index contributed by atoms with van der Waals surface area (Å²) < 4.78 is 44.8.